The highest BCUT2D eigenvalue weighted by molar-refractivity contribution is 6.01. The van der Waals surface area contributed by atoms with Crippen molar-refractivity contribution >= 4 is 39.3 Å². The predicted molar refractivity (Wildman–Crippen MR) is 118 cm³/mol. The lowest BCUT2D eigenvalue weighted by Crippen LogP contribution is -2.30. The van der Waals surface area contributed by atoms with Gasteiger partial charge in [0, 0.05) is 43.2 Å². The molecule has 0 aliphatic rings. The molecular weight excluding hydrogens is 380 g/mol. The quantitative estimate of drug-likeness (QED) is 0.496. The molecule has 0 bridgehead atoms. The van der Waals surface area contributed by atoms with E-state index in [1.165, 1.54) is 6.92 Å². The third kappa shape index (κ3) is 3.87. The van der Waals surface area contributed by atoms with Crippen LogP contribution < -0.4 is 15.4 Å². The maximum absolute atomic E-state index is 12.5. The molecule has 2 heterocycles. The van der Waals surface area contributed by atoms with Gasteiger partial charge >= 0.3 is 0 Å². The minimum Gasteiger partial charge on any atom is -0.496 e. The van der Waals surface area contributed by atoms with Crippen LogP contribution in [0.15, 0.2) is 60.9 Å². The smallest absolute Gasteiger partial charge is 0.240 e. The van der Waals surface area contributed by atoms with Crippen molar-refractivity contribution in [2.45, 2.75) is 20.0 Å². The summed E-state index contributed by atoms with van der Waals surface area (Å²) in [6.07, 6.45) is 3.86. The predicted octanol–water partition coefficient (Wildman–Crippen LogP) is 3.38. The second-order valence-electron chi connectivity index (χ2n) is 7.12. The van der Waals surface area contributed by atoms with Crippen LogP contribution in [-0.4, -0.2) is 34.6 Å². The van der Waals surface area contributed by atoms with Crippen LogP contribution in [0.2, 0.25) is 0 Å². The zero-order valence-electron chi connectivity index (χ0n) is 17.0. The third-order valence-electron chi connectivity index (χ3n) is 5.11. The number of benzene rings is 2. The van der Waals surface area contributed by atoms with Crippen molar-refractivity contribution in [2.24, 2.45) is 0 Å². The number of methoxy groups -OCH3 is 1. The fourth-order valence-electron chi connectivity index (χ4n) is 3.75. The van der Waals surface area contributed by atoms with Gasteiger partial charge in [-0.2, -0.15) is 0 Å². The Morgan fingerprint density at radius 3 is 2.40 bits per heavy atom. The standard InChI is InChI=1S/C23H24N4O3/c1-16(28)25-19-5-3-6-20-17(19)9-13-27(20)15-23(29)24-11-14-26-12-10-18-21(26)7-4-8-22(18)30-2/h3-10,12-13H,11,14-15H2,1-2H3,(H,24,29)(H,25,28). The summed E-state index contributed by atoms with van der Waals surface area (Å²) in [6.45, 7) is 2.89. The molecule has 0 unspecified atom stereocenters. The van der Waals surface area contributed by atoms with Gasteiger partial charge in [0.05, 0.1) is 23.8 Å². The van der Waals surface area contributed by atoms with Crippen LogP contribution in [0.5, 0.6) is 5.75 Å². The summed E-state index contributed by atoms with van der Waals surface area (Å²) in [5, 5.41) is 7.77. The molecule has 2 aromatic carbocycles. The number of hydrogen-bond acceptors (Lipinski definition) is 3. The first kappa shape index (κ1) is 19.6. The monoisotopic (exact) mass is 404 g/mol. The lowest BCUT2D eigenvalue weighted by Gasteiger charge is -2.10. The summed E-state index contributed by atoms with van der Waals surface area (Å²) in [4.78, 5) is 23.9. The van der Waals surface area contributed by atoms with Crippen molar-refractivity contribution in [3.05, 3.63) is 60.9 Å². The Bertz CT molecular complexity index is 1220. The molecule has 4 aromatic rings. The Morgan fingerprint density at radius 1 is 0.933 bits per heavy atom. The van der Waals surface area contributed by atoms with E-state index >= 15 is 0 Å². The maximum Gasteiger partial charge on any atom is 0.240 e. The molecule has 30 heavy (non-hydrogen) atoms. The number of carbonyl (C=O) groups is 2. The molecule has 0 radical (unpaired) electrons. The first-order chi connectivity index (χ1) is 14.6. The van der Waals surface area contributed by atoms with Crippen molar-refractivity contribution in [3.63, 3.8) is 0 Å². The fourth-order valence-corrected chi connectivity index (χ4v) is 3.75. The zero-order chi connectivity index (χ0) is 21.1. The molecule has 2 N–H and O–H groups in total. The number of rotatable bonds is 7. The van der Waals surface area contributed by atoms with Crippen LogP contribution in [0.4, 0.5) is 5.69 Å². The Morgan fingerprint density at radius 2 is 1.63 bits per heavy atom. The average Bonchev–Trinajstić information content (AvgIpc) is 3.33. The number of nitrogens with one attached hydrogen (secondary N) is 2. The van der Waals surface area contributed by atoms with Gasteiger partial charge in [-0.05, 0) is 36.4 Å². The fraction of sp³-hybridized carbons (Fsp3) is 0.217. The van der Waals surface area contributed by atoms with Gasteiger partial charge in [-0.25, -0.2) is 0 Å². The Kier molecular flexibility index (Phi) is 5.43. The van der Waals surface area contributed by atoms with Crippen molar-refractivity contribution in [1.82, 2.24) is 14.5 Å². The van der Waals surface area contributed by atoms with Crippen LogP contribution in [0.1, 0.15) is 6.92 Å². The van der Waals surface area contributed by atoms with Gasteiger partial charge in [-0.1, -0.05) is 12.1 Å². The molecule has 7 heteroatoms. The number of ether oxygens (including phenoxy) is 1. The molecule has 0 fully saturated rings. The van der Waals surface area contributed by atoms with E-state index in [4.69, 9.17) is 4.74 Å². The van der Waals surface area contributed by atoms with Gasteiger partial charge in [0.1, 0.15) is 12.3 Å². The van der Waals surface area contributed by atoms with Gasteiger partial charge in [0.25, 0.3) is 0 Å². The lowest BCUT2D eigenvalue weighted by molar-refractivity contribution is -0.121. The van der Waals surface area contributed by atoms with E-state index in [9.17, 15) is 9.59 Å². The van der Waals surface area contributed by atoms with E-state index in [0.717, 1.165) is 33.2 Å². The van der Waals surface area contributed by atoms with Crippen LogP contribution >= 0.6 is 0 Å². The molecule has 4 rings (SSSR count). The van der Waals surface area contributed by atoms with Crippen LogP contribution in [-0.2, 0) is 22.7 Å². The number of anilines is 1. The molecule has 0 aliphatic heterocycles. The molecule has 2 aromatic heterocycles. The Balaban J connectivity index is 1.39. The molecule has 0 atom stereocenters. The second kappa shape index (κ2) is 8.32. The van der Waals surface area contributed by atoms with Gasteiger partial charge in [0.2, 0.25) is 11.8 Å². The summed E-state index contributed by atoms with van der Waals surface area (Å²) >= 11 is 0. The third-order valence-corrected chi connectivity index (χ3v) is 5.11. The Hall–Kier alpha value is -3.74. The zero-order valence-corrected chi connectivity index (χ0v) is 17.0. The molecule has 0 saturated heterocycles. The first-order valence-corrected chi connectivity index (χ1v) is 9.81. The number of aromatic nitrogens is 2. The van der Waals surface area contributed by atoms with E-state index in [1.54, 1.807) is 7.11 Å². The largest absolute Gasteiger partial charge is 0.496 e. The summed E-state index contributed by atoms with van der Waals surface area (Å²) in [7, 11) is 1.66. The maximum atomic E-state index is 12.5. The van der Waals surface area contributed by atoms with Gasteiger partial charge in [-0.3, -0.25) is 9.59 Å². The van der Waals surface area contributed by atoms with Crippen LogP contribution in [0.25, 0.3) is 21.8 Å². The number of hydrogen-bond donors (Lipinski definition) is 2. The molecule has 2 amide bonds. The Labute approximate surface area is 174 Å². The number of nitrogens with zero attached hydrogens (tertiary/aromatic N) is 2. The summed E-state index contributed by atoms with van der Waals surface area (Å²) in [5.74, 6) is 0.656. The van der Waals surface area contributed by atoms with E-state index in [1.807, 2.05) is 65.5 Å². The van der Waals surface area contributed by atoms with Gasteiger partial charge < -0.3 is 24.5 Å². The van der Waals surface area contributed by atoms with E-state index < -0.39 is 0 Å². The topological polar surface area (TPSA) is 77.3 Å². The van der Waals surface area contributed by atoms with Crippen molar-refractivity contribution in [1.29, 1.82) is 0 Å². The van der Waals surface area contributed by atoms with Crippen molar-refractivity contribution < 1.29 is 14.3 Å². The molecule has 154 valence electrons. The van der Waals surface area contributed by atoms with Crippen LogP contribution in [0, 0.1) is 0 Å². The second-order valence-corrected chi connectivity index (χ2v) is 7.12. The highest BCUT2D eigenvalue weighted by Gasteiger charge is 2.10. The van der Waals surface area contributed by atoms with Crippen LogP contribution in [0.3, 0.4) is 0 Å². The minimum absolute atomic E-state index is 0.0635. The summed E-state index contributed by atoms with van der Waals surface area (Å²) in [6, 6.07) is 15.5. The van der Waals surface area contributed by atoms with E-state index in [2.05, 4.69) is 15.2 Å². The molecule has 0 saturated carbocycles. The SMILES string of the molecule is COc1cccc2c1ccn2CCNC(=O)Cn1ccc2c(NC(C)=O)cccc21. The van der Waals surface area contributed by atoms with Crippen molar-refractivity contribution in [3.8, 4) is 5.75 Å². The molecule has 0 spiro atoms. The normalized spacial score (nSPS) is 11.0. The minimum atomic E-state index is -0.122. The molecule has 7 nitrogen and oxygen atoms in total. The summed E-state index contributed by atoms with van der Waals surface area (Å²) < 4.78 is 9.38. The van der Waals surface area contributed by atoms with Crippen molar-refractivity contribution in [2.75, 3.05) is 19.0 Å². The number of amides is 2. The molecule has 0 aliphatic carbocycles. The highest BCUT2D eigenvalue weighted by atomic mass is 16.5. The summed E-state index contributed by atoms with van der Waals surface area (Å²) in [5.41, 5.74) is 2.72. The highest BCUT2D eigenvalue weighted by Crippen LogP contribution is 2.26. The van der Waals surface area contributed by atoms with E-state index in [-0.39, 0.29) is 18.4 Å². The molecular formula is C23H24N4O3. The average molecular weight is 404 g/mol. The van der Waals surface area contributed by atoms with E-state index in [0.29, 0.717) is 13.1 Å². The lowest BCUT2D eigenvalue weighted by atomic mass is 10.2. The number of carbonyl (C=O) groups excluding carboxylic acids is 2. The first-order valence-electron chi connectivity index (χ1n) is 9.81. The van der Waals surface area contributed by atoms with Gasteiger partial charge in [0.15, 0.2) is 0 Å². The van der Waals surface area contributed by atoms with Gasteiger partial charge in [-0.15, -0.1) is 0 Å². The number of fused-ring (bicyclic) bond motifs is 2.